The van der Waals surface area contributed by atoms with Gasteiger partial charge >= 0.3 is 0 Å². The average molecular weight is 450 g/mol. The summed E-state index contributed by atoms with van der Waals surface area (Å²) in [6.45, 7) is 4.80. The zero-order chi connectivity index (χ0) is 16.8. The van der Waals surface area contributed by atoms with Crippen LogP contribution in [0.2, 0.25) is 0 Å². The molecule has 0 atom stereocenters. The lowest BCUT2D eigenvalue weighted by molar-refractivity contribution is 0.143. The van der Waals surface area contributed by atoms with Gasteiger partial charge in [-0.25, -0.2) is 4.98 Å². The predicted octanol–water partition coefficient (Wildman–Crippen LogP) is 2.97. The molecule has 0 aliphatic heterocycles. The highest BCUT2D eigenvalue weighted by atomic mass is 127. The molecule has 2 N–H and O–H groups in total. The quantitative estimate of drug-likeness (QED) is 0.235. The SMILES string of the molecule is CCCCCCNC(=NC)NCc1cccnc1OCCOC.I. The molecule has 1 heterocycles. The minimum Gasteiger partial charge on any atom is -0.475 e. The van der Waals surface area contributed by atoms with E-state index >= 15 is 0 Å². The van der Waals surface area contributed by atoms with Gasteiger partial charge in [0.05, 0.1) is 6.61 Å². The van der Waals surface area contributed by atoms with E-state index in [2.05, 4.69) is 27.5 Å². The van der Waals surface area contributed by atoms with Crippen LogP contribution in [-0.2, 0) is 11.3 Å². The van der Waals surface area contributed by atoms with Crippen molar-refractivity contribution >= 4 is 29.9 Å². The summed E-state index contributed by atoms with van der Waals surface area (Å²) in [7, 11) is 3.43. The fourth-order valence-electron chi connectivity index (χ4n) is 2.07. The standard InChI is InChI=1S/C17H30N4O2.HI/c1-4-5-6-7-10-20-17(18-2)21-14-15-9-8-11-19-16(15)23-13-12-22-3;/h8-9,11H,4-7,10,12-14H2,1-3H3,(H2,18,20,21);1H. The maximum Gasteiger partial charge on any atom is 0.218 e. The van der Waals surface area contributed by atoms with Crippen molar-refractivity contribution in [3.8, 4) is 5.88 Å². The number of hydrogen-bond acceptors (Lipinski definition) is 4. The molecule has 6 nitrogen and oxygen atoms in total. The molecule has 0 radical (unpaired) electrons. The molecular formula is C17H31IN4O2. The van der Waals surface area contributed by atoms with Gasteiger partial charge in [0.15, 0.2) is 5.96 Å². The van der Waals surface area contributed by atoms with Crippen LogP contribution in [0.4, 0.5) is 0 Å². The van der Waals surface area contributed by atoms with Crippen LogP contribution in [0.3, 0.4) is 0 Å². The van der Waals surface area contributed by atoms with E-state index in [9.17, 15) is 0 Å². The molecule has 0 unspecified atom stereocenters. The summed E-state index contributed by atoms with van der Waals surface area (Å²) in [4.78, 5) is 8.51. The van der Waals surface area contributed by atoms with Crippen molar-refractivity contribution in [1.29, 1.82) is 0 Å². The topological polar surface area (TPSA) is 67.8 Å². The van der Waals surface area contributed by atoms with Gasteiger partial charge in [-0.3, -0.25) is 4.99 Å². The second-order valence-electron chi connectivity index (χ2n) is 5.22. The highest BCUT2D eigenvalue weighted by Gasteiger charge is 2.05. The molecule has 0 saturated heterocycles. The minimum absolute atomic E-state index is 0. The third-order valence-corrected chi connectivity index (χ3v) is 3.37. The molecule has 0 bridgehead atoms. The number of pyridine rings is 1. The maximum absolute atomic E-state index is 5.63. The van der Waals surface area contributed by atoms with Crippen LogP contribution in [0.1, 0.15) is 38.2 Å². The monoisotopic (exact) mass is 450 g/mol. The molecule has 0 saturated carbocycles. The smallest absolute Gasteiger partial charge is 0.218 e. The van der Waals surface area contributed by atoms with E-state index in [0.29, 0.717) is 25.6 Å². The van der Waals surface area contributed by atoms with E-state index in [1.165, 1.54) is 19.3 Å². The number of halogens is 1. The Balaban J connectivity index is 0.00000529. The van der Waals surface area contributed by atoms with Gasteiger partial charge in [0.25, 0.3) is 0 Å². The van der Waals surface area contributed by atoms with Gasteiger partial charge in [-0.15, -0.1) is 24.0 Å². The van der Waals surface area contributed by atoms with Crippen molar-refractivity contribution in [3.63, 3.8) is 0 Å². The number of nitrogens with one attached hydrogen (secondary N) is 2. The van der Waals surface area contributed by atoms with Gasteiger partial charge < -0.3 is 20.1 Å². The van der Waals surface area contributed by atoms with Crippen molar-refractivity contribution in [1.82, 2.24) is 15.6 Å². The summed E-state index contributed by atoms with van der Waals surface area (Å²) in [6, 6.07) is 3.90. The number of hydrogen-bond donors (Lipinski definition) is 2. The number of methoxy groups -OCH3 is 1. The number of guanidine groups is 1. The van der Waals surface area contributed by atoms with E-state index < -0.39 is 0 Å². The van der Waals surface area contributed by atoms with Crippen molar-refractivity contribution < 1.29 is 9.47 Å². The van der Waals surface area contributed by atoms with E-state index in [0.717, 1.165) is 24.5 Å². The van der Waals surface area contributed by atoms with Crippen LogP contribution in [0, 0.1) is 0 Å². The second-order valence-corrected chi connectivity index (χ2v) is 5.22. The number of unbranched alkanes of at least 4 members (excludes halogenated alkanes) is 3. The van der Waals surface area contributed by atoms with E-state index in [4.69, 9.17) is 9.47 Å². The van der Waals surface area contributed by atoms with Gasteiger partial charge in [0.2, 0.25) is 5.88 Å². The van der Waals surface area contributed by atoms with Crippen LogP contribution >= 0.6 is 24.0 Å². The number of nitrogens with zero attached hydrogens (tertiary/aromatic N) is 2. The minimum atomic E-state index is 0. The number of aromatic nitrogens is 1. The Labute approximate surface area is 162 Å². The molecule has 0 aromatic carbocycles. The first-order valence-corrected chi connectivity index (χ1v) is 8.32. The fourth-order valence-corrected chi connectivity index (χ4v) is 2.07. The molecule has 1 aromatic rings. The average Bonchev–Trinajstić information content (AvgIpc) is 2.58. The van der Waals surface area contributed by atoms with Gasteiger partial charge in [0.1, 0.15) is 6.61 Å². The van der Waals surface area contributed by atoms with Crippen LogP contribution in [0.5, 0.6) is 5.88 Å². The van der Waals surface area contributed by atoms with Crippen LogP contribution in [0.25, 0.3) is 0 Å². The van der Waals surface area contributed by atoms with E-state index in [-0.39, 0.29) is 24.0 Å². The molecule has 0 aliphatic carbocycles. The van der Waals surface area contributed by atoms with Crippen molar-refractivity contribution in [2.24, 2.45) is 4.99 Å². The molecule has 0 amide bonds. The molecule has 24 heavy (non-hydrogen) atoms. The highest BCUT2D eigenvalue weighted by molar-refractivity contribution is 14.0. The van der Waals surface area contributed by atoms with Crippen LogP contribution < -0.4 is 15.4 Å². The second kappa shape index (κ2) is 15.4. The fraction of sp³-hybridized carbons (Fsp3) is 0.647. The van der Waals surface area contributed by atoms with Gasteiger partial charge in [0, 0.05) is 39.0 Å². The zero-order valence-electron chi connectivity index (χ0n) is 15.0. The lowest BCUT2D eigenvalue weighted by Crippen LogP contribution is -2.37. The summed E-state index contributed by atoms with van der Waals surface area (Å²) in [5, 5.41) is 6.62. The Morgan fingerprint density at radius 1 is 1.21 bits per heavy atom. The molecule has 1 rings (SSSR count). The Hall–Kier alpha value is -1.09. The van der Waals surface area contributed by atoms with Crippen LogP contribution in [-0.4, -0.2) is 44.9 Å². The molecular weight excluding hydrogens is 419 g/mol. The molecule has 7 heteroatoms. The number of ether oxygens (including phenoxy) is 2. The molecule has 1 aromatic heterocycles. The Kier molecular flexibility index (Phi) is 14.7. The summed E-state index contributed by atoms with van der Waals surface area (Å²) in [5.41, 5.74) is 0.998. The zero-order valence-corrected chi connectivity index (χ0v) is 17.3. The number of rotatable bonds is 11. The van der Waals surface area contributed by atoms with Crippen LogP contribution in [0.15, 0.2) is 23.3 Å². The Bertz CT molecular complexity index is 458. The highest BCUT2D eigenvalue weighted by Crippen LogP contribution is 2.13. The van der Waals surface area contributed by atoms with E-state index in [1.54, 1.807) is 20.4 Å². The third-order valence-electron chi connectivity index (χ3n) is 3.37. The number of aliphatic imine (C=N–C) groups is 1. The largest absolute Gasteiger partial charge is 0.475 e. The summed E-state index contributed by atoms with van der Waals surface area (Å²) < 4.78 is 10.6. The van der Waals surface area contributed by atoms with Gasteiger partial charge in [-0.2, -0.15) is 0 Å². The van der Waals surface area contributed by atoms with Gasteiger partial charge in [-0.1, -0.05) is 32.3 Å². The molecule has 0 spiro atoms. The summed E-state index contributed by atoms with van der Waals surface area (Å²) in [5.74, 6) is 1.43. The summed E-state index contributed by atoms with van der Waals surface area (Å²) >= 11 is 0. The molecule has 0 fully saturated rings. The van der Waals surface area contributed by atoms with Gasteiger partial charge in [-0.05, 0) is 12.5 Å². The summed E-state index contributed by atoms with van der Waals surface area (Å²) in [6.07, 6.45) is 6.67. The Morgan fingerprint density at radius 2 is 2.04 bits per heavy atom. The first kappa shape index (κ1) is 22.9. The van der Waals surface area contributed by atoms with Crippen molar-refractivity contribution in [3.05, 3.63) is 23.9 Å². The lowest BCUT2D eigenvalue weighted by atomic mass is 10.2. The molecule has 138 valence electrons. The van der Waals surface area contributed by atoms with Crippen molar-refractivity contribution in [2.45, 2.75) is 39.2 Å². The predicted molar refractivity (Wildman–Crippen MR) is 109 cm³/mol. The molecule has 0 aliphatic rings. The van der Waals surface area contributed by atoms with E-state index in [1.807, 2.05) is 12.1 Å². The first-order chi connectivity index (χ1) is 11.3. The normalized spacial score (nSPS) is 10.9. The third kappa shape index (κ3) is 9.92. The Morgan fingerprint density at radius 3 is 2.75 bits per heavy atom. The lowest BCUT2D eigenvalue weighted by Gasteiger charge is -2.14. The maximum atomic E-state index is 5.63. The van der Waals surface area contributed by atoms with Crippen molar-refractivity contribution in [2.75, 3.05) is 33.9 Å². The first-order valence-electron chi connectivity index (χ1n) is 8.32.